The van der Waals surface area contributed by atoms with Crippen LogP contribution >= 0.6 is 0 Å². The molecule has 20 heavy (non-hydrogen) atoms. The monoisotopic (exact) mass is 274 g/mol. The summed E-state index contributed by atoms with van der Waals surface area (Å²) in [6.45, 7) is 11.1. The Balaban J connectivity index is 1.71. The second kappa shape index (κ2) is 5.38. The van der Waals surface area contributed by atoms with E-state index in [2.05, 4.69) is 55.3 Å². The molecule has 1 fully saturated rings. The van der Waals surface area contributed by atoms with Gasteiger partial charge in [-0.05, 0) is 26.3 Å². The fraction of sp³-hybridized carbons (Fsp3) is 0.647. The fourth-order valence-electron chi connectivity index (χ4n) is 3.33. The Bertz CT molecular complexity index is 476. The van der Waals surface area contributed by atoms with Crippen LogP contribution in [0.2, 0.25) is 0 Å². The van der Waals surface area contributed by atoms with Crippen LogP contribution in [0, 0.1) is 0 Å². The van der Waals surface area contributed by atoms with Gasteiger partial charge >= 0.3 is 0 Å². The van der Waals surface area contributed by atoms with Crippen molar-refractivity contribution in [3.05, 3.63) is 29.8 Å². The van der Waals surface area contributed by atoms with Gasteiger partial charge in [-0.1, -0.05) is 25.1 Å². The Labute approximate surface area is 122 Å². The van der Waals surface area contributed by atoms with Gasteiger partial charge in [0, 0.05) is 42.7 Å². The molecule has 2 aliphatic rings. The number of piperazine rings is 1. The van der Waals surface area contributed by atoms with Gasteiger partial charge in [-0.25, -0.2) is 0 Å². The Morgan fingerprint density at radius 3 is 3.00 bits per heavy atom. The van der Waals surface area contributed by atoms with Gasteiger partial charge in [0.15, 0.2) is 0 Å². The lowest BCUT2D eigenvalue weighted by molar-refractivity contribution is 0.0843. The summed E-state index contributed by atoms with van der Waals surface area (Å²) in [7, 11) is 0. The van der Waals surface area contributed by atoms with Crippen molar-refractivity contribution in [3.8, 4) is 5.75 Å². The summed E-state index contributed by atoms with van der Waals surface area (Å²) < 4.78 is 5.82. The van der Waals surface area contributed by atoms with Gasteiger partial charge in [0.2, 0.25) is 0 Å². The standard InChI is InChI=1S/C17H26N2O/c1-4-17(3)12-19(13(2)9-18-17)10-14-11-20-16-8-6-5-7-15(14)16/h5-8,13-14,18H,4,9-12H2,1-3H3. The van der Waals surface area contributed by atoms with E-state index in [0.29, 0.717) is 12.0 Å². The largest absolute Gasteiger partial charge is 0.493 e. The number of nitrogens with zero attached hydrogens (tertiary/aromatic N) is 1. The third kappa shape index (κ3) is 2.57. The summed E-state index contributed by atoms with van der Waals surface area (Å²) in [5.41, 5.74) is 1.64. The van der Waals surface area contributed by atoms with Crippen molar-refractivity contribution in [3.63, 3.8) is 0 Å². The van der Waals surface area contributed by atoms with Crippen molar-refractivity contribution in [2.24, 2.45) is 0 Å². The predicted octanol–water partition coefficient (Wildman–Crippen LogP) is 2.63. The minimum Gasteiger partial charge on any atom is -0.493 e. The van der Waals surface area contributed by atoms with Gasteiger partial charge in [-0.3, -0.25) is 4.90 Å². The Hall–Kier alpha value is -1.06. The predicted molar refractivity (Wildman–Crippen MR) is 82.4 cm³/mol. The molecule has 2 aliphatic heterocycles. The Morgan fingerprint density at radius 1 is 1.40 bits per heavy atom. The van der Waals surface area contributed by atoms with E-state index in [1.807, 2.05) is 0 Å². The van der Waals surface area contributed by atoms with Crippen molar-refractivity contribution in [2.75, 3.05) is 26.2 Å². The molecule has 0 radical (unpaired) electrons. The molecule has 2 heterocycles. The van der Waals surface area contributed by atoms with Crippen LogP contribution in [0.3, 0.4) is 0 Å². The van der Waals surface area contributed by atoms with Gasteiger partial charge in [-0.15, -0.1) is 0 Å². The zero-order chi connectivity index (χ0) is 14.2. The molecule has 3 heteroatoms. The maximum atomic E-state index is 5.82. The lowest BCUT2D eigenvalue weighted by Gasteiger charge is -2.45. The first-order valence-corrected chi connectivity index (χ1v) is 7.82. The first-order valence-electron chi connectivity index (χ1n) is 7.82. The van der Waals surface area contributed by atoms with E-state index in [9.17, 15) is 0 Å². The zero-order valence-electron chi connectivity index (χ0n) is 12.9. The average molecular weight is 274 g/mol. The minimum absolute atomic E-state index is 0.255. The molecule has 1 saturated heterocycles. The van der Waals surface area contributed by atoms with Gasteiger partial charge in [-0.2, -0.15) is 0 Å². The second-order valence-corrected chi connectivity index (χ2v) is 6.62. The van der Waals surface area contributed by atoms with E-state index in [1.54, 1.807) is 0 Å². The van der Waals surface area contributed by atoms with Crippen molar-refractivity contribution in [1.82, 2.24) is 10.2 Å². The molecule has 1 N–H and O–H groups in total. The lowest BCUT2D eigenvalue weighted by atomic mass is 9.92. The minimum atomic E-state index is 0.255. The van der Waals surface area contributed by atoms with Crippen LogP contribution in [0.5, 0.6) is 5.75 Å². The summed E-state index contributed by atoms with van der Waals surface area (Å²) in [4.78, 5) is 2.64. The molecule has 0 amide bonds. The van der Waals surface area contributed by atoms with Gasteiger partial charge < -0.3 is 10.1 Å². The third-order valence-corrected chi connectivity index (χ3v) is 5.03. The van der Waals surface area contributed by atoms with Crippen LogP contribution in [0.15, 0.2) is 24.3 Å². The van der Waals surface area contributed by atoms with E-state index >= 15 is 0 Å². The molecule has 0 spiro atoms. The second-order valence-electron chi connectivity index (χ2n) is 6.62. The summed E-state index contributed by atoms with van der Waals surface area (Å²) in [5.74, 6) is 1.60. The molecule has 3 nitrogen and oxygen atoms in total. The summed E-state index contributed by atoms with van der Waals surface area (Å²) in [5, 5.41) is 3.70. The van der Waals surface area contributed by atoms with Crippen molar-refractivity contribution < 1.29 is 4.74 Å². The van der Waals surface area contributed by atoms with Crippen molar-refractivity contribution in [1.29, 1.82) is 0 Å². The molecule has 3 rings (SSSR count). The van der Waals surface area contributed by atoms with Gasteiger partial charge in [0.05, 0.1) is 6.61 Å². The molecule has 0 aliphatic carbocycles. The molecular weight excluding hydrogens is 248 g/mol. The molecule has 0 saturated carbocycles. The summed E-state index contributed by atoms with van der Waals surface area (Å²) in [6.07, 6.45) is 1.17. The van der Waals surface area contributed by atoms with Crippen LogP contribution in [0.1, 0.15) is 38.7 Å². The van der Waals surface area contributed by atoms with E-state index in [-0.39, 0.29) is 5.54 Å². The molecular formula is C17H26N2O. The first-order chi connectivity index (χ1) is 9.61. The molecule has 3 unspecified atom stereocenters. The number of rotatable bonds is 3. The highest BCUT2D eigenvalue weighted by atomic mass is 16.5. The zero-order valence-corrected chi connectivity index (χ0v) is 12.9. The van der Waals surface area contributed by atoms with Crippen LogP contribution < -0.4 is 10.1 Å². The molecule has 1 aromatic carbocycles. The molecule has 110 valence electrons. The molecule has 0 bridgehead atoms. The van der Waals surface area contributed by atoms with E-state index in [1.165, 1.54) is 12.0 Å². The normalized spacial score (nSPS) is 33.8. The lowest BCUT2D eigenvalue weighted by Crippen LogP contribution is -2.62. The highest BCUT2D eigenvalue weighted by molar-refractivity contribution is 5.39. The summed E-state index contributed by atoms with van der Waals surface area (Å²) in [6, 6.07) is 9.09. The molecule has 3 atom stereocenters. The highest BCUT2D eigenvalue weighted by Gasteiger charge is 2.35. The highest BCUT2D eigenvalue weighted by Crippen LogP contribution is 2.34. The van der Waals surface area contributed by atoms with Crippen LogP contribution in [-0.4, -0.2) is 42.7 Å². The topological polar surface area (TPSA) is 24.5 Å². The van der Waals surface area contributed by atoms with Crippen LogP contribution in [-0.2, 0) is 0 Å². The van der Waals surface area contributed by atoms with Gasteiger partial charge in [0.25, 0.3) is 0 Å². The number of nitrogens with one attached hydrogen (secondary N) is 1. The molecule has 0 aromatic heterocycles. The quantitative estimate of drug-likeness (QED) is 0.917. The number of para-hydroxylation sites is 1. The maximum absolute atomic E-state index is 5.82. The van der Waals surface area contributed by atoms with E-state index in [0.717, 1.165) is 32.0 Å². The Kier molecular flexibility index (Phi) is 3.74. The smallest absolute Gasteiger partial charge is 0.122 e. The number of ether oxygens (including phenoxy) is 1. The maximum Gasteiger partial charge on any atom is 0.122 e. The third-order valence-electron chi connectivity index (χ3n) is 5.03. The number of hydrogen-bond donors (Lipinski definition) is 1. The Morgan fingerprint density at radius 2 is 2.20 bits per heavy atom. The van der Waals surface area contributed by atoms with Crippen LogP contribution in [0.25, 0.3) is 0 Å². The van der Waals surface area contributed by atoms with Crippen LogP contribution in [0.4, 0.5) is 0 Å². The van der Waals surface area contributed by atoms with E-state index in [4.69, 9.17) is 4.74 Å². The van der Waals surface area contributed by atoms with Gasteiger partial charge in [0.1, 0.15) is 5.75 Å². The molecule has 1 aromatic rings. The summed E-state index contributed by atoms with van der Waals surface area (Å²) >= 11 is 0. The fourth-order valence-corrected chi connectivity index (χ4v) is 3.33. The van der Waals surface area contributed by atoms with E-state index < -0.39 is 0 Å². The van der Waals surface area contributed by atoms with Crippen molar-refractivity contribution >= 4 is 0 Å². The first kappa shape index (κ1) is 13.9. The number of fused-ring (bicyclic) bond motifs is 1. The number of benzene rings is 1. The number of hydrogen-bond acceptors (Lipinski definition) is 3. The van der Waals surface area contributed by atoms with Crippen molar-refractivity contribution in [2.45, 2.75) is 44.7 Å². The average Bonchev–Trinajstić information content (AvgIpc) is 2.87. The SMILES string of the molecule is CCC1(C)CN(CC2COc3ccccc32)C(C)CN1.